The maximum absolute atomic E-state index is 14.5. The Morgan fingerprint density at radius 2 is 1.46 bits per heavy atom. The van der Waals surface area contributed by atoms with Crippen LogP contribution in [-0.4, -0.2) is 83.6 Å². The fourth-order valence-electron chi connectivity index (χ4n) is 8.91. The number of nitrogens with two attached hydrogens (primary N) is 1. The summed E-state index contributed by atoms with van der Waals surface area (Å²) in [5.41, 5.74) is 3.64. The van der Waals surface area contributed by atoms with Crippen molar-refractivity contribution in [2.45, 2.75) is 147 Å². The number of nitrogens with one attached hydrogen (secondary N) is 3. The largest absolute Gasteiger partial charge is 0.363 e. The highest BCUT2D eigenvalue weighted by Gasteiger charge is 2.74. The molecule has 5 rings (SSSR count). The first kappa shape index (κ1) is 36.6. The minimum absolute atomic E-state index is 0.00753. The predicted octanol–water partition coefficient (Wildman–Crippen LogP) is 2.97. The number of amides is 5. The molecule has 12 nitrogen and oxygen atoms in total. The van der Waals surface area contributed by atoms with Crippen molar-refractivity contribution < 1.29 is 32.4 Å². The molecule has 1 heterocycles. The van der Waals surface area contributed by atoms with E-state index in [1.807, 2.05) is 20.8 Å². The van der Waals surface area contributed by atoms with Crippen molar-refractivity contribution in [1.29, 1.82) is 0 Å². The molecule has 270 valence electrons. The Morgan fingerprint density at radius 1 is 0.875 bits per heavy atom. The number of nitrogens with zero attached hydrogens (tertiary/aromatic N) is 1. The lowest BCUT2D eigenvalue weighted by Gasteiger charge is -2.41. The highest BCUT2D eigenvalue weighted by atomic mass is 32.2. The van der Waals surface area contributed by atoms with Crippen molar-refractivity contribution in [2.75, 3.05) is 12.3 Å². The predicted molar refractivity (Wildman–Crippen MR) is 181 cm³/mol. The van der Waals surface area contributed by atoms with Gasteiger partial charge in [-0.15, -0.1) is 0 Å². The molecule has 0 aromatic carbocycles. The van der Waals surface area contributed by atoms with Crippen molar-refractivity contribution >= 4 is 39.4 Å². The molecule has 4 aliphatic carbocycles. The van der Waals surface area contributed by atoms with Gasteiger partial charge in [0.2, 0.25) is 17.6 Å². The lowest BCUT2D eigenvalue weighted by molar-refractivity contribution is -0.145. The van der Waals surface area contributed by atoms with E-state index in [9.17, 15) is 32.4 Å². The quantitative estimate of drug-likeness (QED) is 0.240. The van der Waals surface area contributed by atoms with Crippen LogP contribution in [0, 0.1) is 28.6 Å². The Bertz CT molecular complexity index is 1410. The van der Waals surface area contributed by atoms with Crippen LogP contribution in [0.15, 0.2) is 0 Å². The van der Waals surface area contributed by atoms with E-state index in [4.69, 9.17) is 5.73 Å². The van der Waals surface area contributed by atoms with E-state index in [1.54, 1.807) is 25.7 Å². The smallest absolute Gasteiger partial charge is 0.315 e. The van der Waals surface area contributed by atoms with E-state index >= 15 is 0 Å². The molecule has 5 fully saturated rings. The van der Waals surface area contributed by atoms with E-state index in [0.29, 0.717) is 25.8 Å². The second-order valence-electron chi connectivity index (χ2n) is 17.6. The molecule has 5 amide bonds. The van der Waals surface area contributed by atoms with Gasteiger partial charge < -0.3 is 26.6 Å². The topological polar surface area (TPSA) is 185 Å². The molecule has 5 aliphatic rings. The normalized spacial score (nSPS) is 27.5. The molecule has 1 aliphatic heterocycles. The number of carbonyl (C=O) groups excluding carboxylic acids is 5. The summed E-state index contributed by atoms with van der Waals surface area (Å²) < 4.78 is 25.6. The van der Waals surface area contributed by atoms with Gasteiger partial charge in [-0.2, -0.15) is 0 Å². The Hall–Kier alpha value is -2.70. The zero-order valence-electron chi connectivity index (χ0n) is 29.7. The van der Waals surface area contributed by atoms with Gasteiger partial charge in [-0.25, -0.2) is 13.2 Å². The monoisotopic (exact) mass is 691 g/mol. The minimum Gasteiger partial charge on any atom is -0.363 e. The van der Waals surface area contributed by atoms with Crippen LogP contribution in [-0.2, 0) is 29.0 Å². The van der Waals surface area contributed by atoms with Crippen molar-refractivity contribution in [3.05, 3.63) is 0 Å². The summed E-state index contributed by atoms with van der Waals surface area (Å²) in [6.45, 7) is 10.9. The first-order chi connectivity index (χ1) is 22.2. The van der Waals surface area contributed by atoms with Gasteiger partial charge in [0, 0.05) is 6.54 Å². The van der Waals surface area contributed by atoms with E-state index in [-0.39, 0.29) is 28.9 Å². The number of urea groups is 1. The van der Waals surface area contributed by atoms with Crippen LogP contribution in [0.4, 0.5) is 4.79 Å². The number of likely N-dealkylation sites (tertiary alicyclic amines) is 1. The standard InChI is InChI=1S/C35H57N5O7S/c1-32(2,3)27(38-31(45)39-34(14-8-7-9-15-34)20-48(46,47)33(4,5)6)30(44)40-19-22-24(35(22)16-10-11-17-35)25(40)29(43)37-23(18-21-12-13-21)26(41)28(36)42/h21-25,27H,7-20H2,1-6H3,(H2,36,42)(H,37,43)(H2,38,39,45)/t22?,23?,24?,25-,27+/m0/s1. The van der Waals surface area contributed by atoms with Gasteiger partial charge in [0.15, 0.2) is 9.84 Å². The van der Waals surface area contributed by atoms with Gasteiger partial charge >= 0.3 is 6.03 Å². The summed E-state index contributed by atoms with van der Waals surface area (Å²) >= 11 is 0. The number of hydrogen-bond acceptors (Lipinski definition) is 7. The highest BCUT2D eigenvalue weighted by Crippen LogP contribution is 2.72. The third kappa shape index (κ3) is 7.26. The lowest BCUT2D eigenvalue weighted by atomic mass is 9.83. The Kier molecular flexibility index (Phi) is 9.82. The average Bonchev–Trinajstić information content (AvgIpc) is 3.75. The zero-order valence-corrected chi connectivity index (χ0v) is 30.5. The molecule has 5 atom stereocenters. The van der Waals surface area contributed by atoms with Gasteiger partial charge in [0.25, 0.3) is 5.91 Å². The van der Waals surface area contributed by atoms with E-state index < -0.39 is 73.2 Å². The van der Waals surface area contributed by atoms with E-state index in [2.05, 4.69) is 16.0 Å². The van der Waals surface area contributed by atoms with E-state index in [0.717, 1.165) is 57.8 Å². The fraction of sp³-hybridized carbons (Fsp3) is 0.857. The summed E-state index contributed by atoms with van der Waals surface area (Å²) in [6, 6.07) is -3.49. The molecular formula is C35H57N5O7S. The molecule has 48 heavy (non-hydrogen) atoms. The van der Waals surface area contributed by atoms with Crippen molar-refractivity contribution in [2.24, 2.45) is 34.3 Å². The van der Waals surface area contributed by atoms with Crippen LogP contribution >= 0.6 is 0 Å². The number of ketones is 1. The molecule has 1 saturated heterocycles. The summed E-state index contributed by atoms with van der Waals surface area (Å²) in [7, 11) is -3.56. The second-order valence-corrected chi connectivity index (χ2v) is 20.3. The molecule has 0 aromatic heterocycles. The van der Waals surface area contributed by atoms with Gasteiger partial charge in [0.05, 0.1) is 22.1 Å². The van der Waals surface area contributed by atoms with Gasteiger partial charge in [-0.05, 0) is 81.5 Å². The molecule has 5 N–H and O–H groups in total. The third-order valence-electron chi connectivity index (χ3n) is 12.0. The average molecular weight is 692 g/mol. The van der Waals surface area contributed by atoms with Crippen LogP contribution in [0.2, 0.25) is 0 Å². The first-order valence-electron chi connectivity index (χ1n) is 18.0. The minimum atomic E-state index is -3.56. The van der Waals surface area contributed by atoms with Gasteiger partial charge in [-0.1, -0.05) is 65.7 Å². The highest BCUT2D eigenvalue weighted by molar-refractivity contribution is 7.92. The molecule has 13 heteroatoms. The number of sulfone groups is 1. The summed E-state index contributed by atoms with van der Waals surface area (Å²) in [5.74, 6) is -2.61. The Balaban J connectivity index is 1.37. The Morgan fingerprint density at radius 3 is 1.98 bits per heavy atom. The molecule has 3 unspecified atom stereocenters. The van der Waals surface area contributed by atoms with Crippen molar-refractivity contribution in [3.8, 4) is 0 Å². The maximum Gasteiger partial charge on any atom is 0.315 e. The summed E-state index contributed by atoms with van der Waals surface area (Å²) in [5, 5.41) is 8.75. The molecule has 1 spiro atoms. The second kappa shape index (κ2) is 12.9. The van der Waals surface area contributed by atoms with Crippen LogP contribution in [0.5, 0.6) is 0 Å². The number of carbonyl (C=O) groups is 5. The number of rotatable bonds is 11. The number of piperidine rings is 1. The summed E-state index contributed by atoms with van der Waals surface area (Å²) in [4.78, 5) is 68.6. The summed E-state index contributed by atoms with van der Waals surface area (Å²) in [6.07, 6.45) is 9.88. The third-order valence-corrected chi connectivity index (χ3v) is 14.8. The number of primary amides is 1. The SMILES string of the molecule is CC(C)(C)[C@H](NC(=O)NC1(CS(=O)(=O)C(C)(C)C)CCCCC1)C(=O)N1CC2C([C@H]1C(=O)NC(CC1CC1)C(=O)C(N)=O)C21CCCC1. The fourth-order valence-corrected chi connectivity index (χ4v) is 10.4. The molecule has 0 radical (unpaired) electrons. The lowest BCUT2D eigenvalue weighted by Crippen LogP contribution is -2.64. The number of fused-ring (bicyclic) bond motifs is 3. The van der Waals surface area contributed by atoms with Crippen molar-refractivity contribution in [3.63, 3.8) is 0 Å². The molecule has 0 bridgehead atoms. The Labute approximate surface area is 285 Å². The van der Waals surface area contributed by atoms with Crippen molar-refractivity contribution in [1.82, 2.24) is 20.9 Å². The zero-order chi connectivity index (χ0) is 35.4. The van der Waals surface area contributed by atoms with Crippen LogP contribution < -0.4 is 21.7 Å². The maximum atomic E-state index is 14.5. The number of hydrogen-bond donors (Lipinski definition) is 4. The van der Waals surface area contributed by atoms with Gasteiger partial charge in [-0.3, -0.25) is 19.2 Å². The molecule has 4 saturated carbocycles. The first-order valence-corrected chi connectivity index (χ1v) is 19.6. The molecule has 0 aromatic rings. The van der Waals surface area contributed by atoms with Crippen LogP contribution in [0.3, 0.4) is 0 Å². The number of Topliss-reactive ketones (excluding diaryl/α,β-unsaturated/α-hetero) is 1. The molecular weight excluding hydrogens is 634 g/mol. The van der Waals surface area contributed by atoms with Crippen LogP contribution in [0.1, 0.15) is 119 Å². The van der Waals surface area contributed by atoms with E-state index in [1.165, 1.54) is 0 Å². The van der Waals surface area contributed by atoms with Gasteiger partial charge in [0.1, 0.15) is 12.1 Å². The van der Waals surface area contributed by atoms with Crippen LogP contribution in [0.25, 0.3) is 0 Å².